The summed E-state index contributed by atoms with van der Waals surface area (Å²) < 4.78 is 5.30. The number of amides is 1. The van der Waals surface area contributed by atoms with Crippen LogP contribution < -0.4 is 5.32 Å². The lowest BCUT2D eigenvalue weighted by molar-refractivity contribution is -0.125. The molecule has 1 fully saturated rings. The molecule has 1 aliphatic heterocycles. The number of nitrogens with one attached hydrogen (secondary N) is 1. The largest absolute Gasteiger partial charge is 0.381 e. The van der Waals surface area contributed by atoms with Crippen molar-refractivity contribution in [1.29, 1.82) is 0 Å². The van der Waals surface area contributed by atoms with Gasteiger partial charge in [0.15, 0.2) is 0 Å². The van der Waals surface area contributed by atoms with Crippen molar-refractivity contribution in [2.45, 2.75) is 25.8 Å². The molecule has 0 saturated carbocycles. The van der Waals surface area contributed by atoms with Gasteiger partial charge < -0.3 is 10.1 Å². The Labute approximate surface area is 132 Å². The van der Waals surface area contributed by atoms with Crippen LogP contribution in [0.1, 0.15) is 28.0 Å². The van der Waals surface area contributed by atoms with E-state index in [1.54, 1.807) is 22.7 Å². The summed E-state index contributed by atoms with van der Waals surface area (Å²) in [5.74, 6) is 0.0683. The number of hydrogen-bond donors (Lipinski definition) is 1. The number of carbonyl (C=O) groups excluding carboxylic acids is 1. The molecule has 1 aliphatic rings. The first-order chi connectivity index (χ1) is 10.2. The van der Waals surface area contributed by atoms with Gasteiger partial charge in [-0.1, -0.05) is 6.07 Å². The second kappa shape index (κ2) is 6.68. The first-order valence-electron chi connectivity index (χ1n) is 7.05. The maximum Gasteiger partial charge on any atom is 0.226 e. The molecule has 0 bridgehead atoms. The molecule has 0 aliphatic carbocycles. The molecule has 2 aromatic heterocycles. The van der Waals surface area contributed by atoms with Gasteiger partial charge in [-0.3, -0.25) is 4.79 Å². The number of carbonyl (C=O) groups is 1. The molecule has 4 nitrogen and oxygen atoms in total. The lowest BCUT2D eigenvalue weighted by Crippen LogP contribution is -2.35. The average Bonchev–Trinajstić information content (AvgIpc) is 3.20. The number of nitrogens with zero attached hydrogens (tertiary/aromatic N) is 1. The van der Waals surface area contributed by atoms with E-state index in [9.17, 15) is 4.79 Å². The topological polar surface area (TPSA) is 51.2 Å². The molecule has 1 amide bonds. The monoisotopic (exact) mass is 322 g/mol. The molecule has 6 heteroatoms. The molecule has 2 atom stereocenters. The van der Waals surface area contributed by atoms with Gasteiger partial charge in [0, 0.05) is 29.0 Å². The summed E-state index contributed by atoms with van der Waals surface area (Å²) in [6, 6.07) is 4.09. The van der Waals surface area contributed by atoms with Gasteiger partial charge in [-0.15, -0.1) is 22.7 Å². The fourth-order valence-electron chi connectivity index (χ4n) is 2.39. The summed E-state index contributed by atoms with van der Waals surface area (Å²) in [7, 11) is 0. The van der Waals surface area contributed by atoms with E-state index in [0.717, 1.165) is 23.5 Å². The van der Waals surface area contributed by atoms with Gasteiger partial charge in [0.1, 0.15) is 5.01 Å². The third kappa shape index (κ3) is 3.70. The van der Waals surface area contributed by atoms with Crippen LogP contribution in [0.2, 0.25) is 0 Å². The second-order valence-electron chi connectivity index (χ2n) is 5.23. The molecule has 0 spiro atoms. The molecular weight excluding hydrogens is 304 g/mol. The van der Waals surface area contributed by atoms with Crippen LogP contribution in [-0.2, 0) is 16.0 Å². The van der Waals surface area contributed by atoms with E-state index in [2.05, 4.69) is 21.7 Å². The minimum Gasteiger partial charge on any atom is -0.381 e. The molecule has 1 saturated heterocycles. The molecular formula is C15H18N2O2S2. The van der Waals surface area contributed by atoms with Crippen LogP contribution in [0, 0.1) is 12.8 Å². The van der Waals surface area contributed by atoms with Crippen LogP contribution in [0.15, 0.2) is 22.9 Å². The number of ether oxygens (including phenoxy) is 1. The van der Waals surface area contributed by atoms with Crippen LogP contribution in [-0.4, -0.2) is 24.1 Å². The highest BCUT2D eigenvalue weighted by atomic mass is 32.1. The highest BCUT2D eigenvalue weighted by Gasteiger charge is 2.27. The fraction of sp³-hybridized carbons (Fsp3) is 0.467. The first-order valence-corrected chi connectivity index (χ1v) is 8.81. The zero-order valence-electron chi connectivity index (χ0n) is 11.9. The minimum absolute atomic E-state index is 0.0168. The molecule has 21 heavy (non-hydrogen) atoms. The molecule has 3 rings (SSSR count). The van der Waals surface area contributed by atoms with Gasteiger partial charge in [-0.2, -0.15) is 0 Å². The summed E-state index contributed by atoms with van der Waals surface area (Å²) in [6.07, 6.45) is 1.61. The molecule has 0 radical (unpaired) electrons. The smallest absolute Gasteiger partial charge is 0.226 e. The van der Waals surface area contributed by atoms with Crippen molar-refractivity contribution in [3.63, 3.8) is 0 Å². The van der Waals surface area contributed by atoms with Crippen molar-refractivity contribution in [2.75, 3.05) is 13.2 Å². The average molecular weight is 322 g/mol. The highest BCUT2D eigenvalue weighted by molar-refractivity contribution is 7.10. The number of aryl methyl sites for hydroxylation is 1. The fourth-order valence-corrected chi connectivity index (χ4v) is 3.99. The number of rotatable bonds is 5. The summed E-state index contributed by atoms with van der Waals surface area (Å²) >= 11 is 3.32. The van der Waals surface area contributed by atoms with E-state index in [-0.39, 0.29) is 17.9 Å². The molecule has 2 aromatic rings. The van der Waals surface area contributed by atoms with Crippen LogP contribution in [0.4, 0.5) is 0 Å². The van der Waals surface area contributed by atoms with Gasteiger partial charge in [0.2, 0.25) is 5.91 Å². The van der Waals surface area contributed by atoms with Crippen LogP contribution in [0.3, 0.4) is 0 Å². The third-order valence-electron chi connectivity index (χ3n) is 3.54. The molecule has 1 N–H and O–H groups in total. The predicted octanol–water partition coefficient (Wildman–Crippen LogP) is 2.95. The quantitative estimate of drug-likeness (QED) is 0.921. The van der Waals surface area contributed by atoms with Crippen molar-refractivity contribution < 1.29 is 9.53 Å². The summed E-state index contributed by atoms with van der Waals surface area (Å²) in [4.78, 5) is 18.2. The van der Waals surface area contributed by atoms with E-state index in [1.807, 2.05) is 18.4 Å². The number of thiophene rings is 1. The zero-order chi connectivity index (χ0) is 14.7. The Kier molecular flexibility index (Phi) is 4.67. The Morgan fingerprint density at radius 1 is 1.57 bits per heavy atom. The Morgan fingerprint density at radius 3 is 3.10 bits per heavy atom. The molecule has 112 valence electrons. The van der Waals surface area contributed by atoms with Crippen molar-refractivity contribution in [2.24, 2.45) is 5.92 Å². The van der Waals surface area contributed by atoms with Gasteiger partial charge in [-0.25, -0.2) is 4.98 Å². The third-order valence-corrected chi connectivity index (χ3v) is 5.51. The van der Waals surface area contributed by atoms with Gasteiger partial charge in [-0.05, 0) is 24.8 Å². The number of thiazole rings is 1. The number of aromatic nitrogens is 1. The highest BCUT2D eigenvalue weighted by Crippen LogP contribution is 2.25. The van der Waals surface area contributed by atoms with E-state index in [0.29, 0.717) is 13.2 Å². The Balaban J connectivity index is 1.73. The Hall–Kier alpha value is -1.24. The maximum atomic E-state index is 12.4. The van der Waals surface area contributed by atoms with Gasteiger partial charge in [0.05, 0.1) is 18.6 Å². The zero-order valence-corrected chi connectivity index (χ0v) is 13.5. The van der Waals surface area contributed by atoms with Crippen LogP contribution in [0.25, 0.3) is 0 Å². The van der Waals surface area contributed by atoms with Crippen molar-refractivity contribution in [3.05, 3.63) is 38.5 Å². The summed E-state index contributed by atoms with van der Waals surface area (Å²) in [6.45, 7) is 3.20. The Bertz CT molecular complexity index is 589. The van der Waals surface area contributed by atoms with Crippen LogP contribution >= 0.6 is 22.7 Å². The first kappa shape index (κ1) is 14.7. The van der Waals surface area contributed by atoms with E-state index >= 15 is 0 Å². The van der Waals surface area contributed by atoms with E-state index in [1.165, 1.54) is 4.88 Å². The summed E-state index contributed by atoms with van der Waals surface area (Å²) in [5.41, 5.74) is 1.00. The minimum atomic E-state index is -0.0459. The predicted molar refractivity (Wildman–Crippen MR) is 84.7 cm³/mol. The molecule has 3 heterocycles. The normalized spacial score (nSPS) is 19.6. The van der Waals surface area contributed by atoms with Crippen LogP contribution in [0.5, 0.6) is 0 Å². The van der Waals surface area contributed by atoms with E-state index in [4.69, 9.17) is 4.74 Å². The van der Waals surface area contributed by atoms with Crippen molar-refractivity contribution in [3.8, 4) is 0 Å². The summed E-state index contributed by atoms with van der Waals surface area (Å²) in [5, 5.41) is 8.23. The number of hydrogen-bond acceptors (Lipinski definition) is 5. The maximum absolute atomic E-state index is 12.4. The second-order valence-corrected chi connectivity index (χ2v) is 7.15. The molecule has 0 aromatic carbocycles. The van der Waals surface area contributed by atoms with Gasteiger partial charge in [0.25, 0.3) is 0 Å². The van der Waals surface area contributed by atoms with Crippen molar-refractivity contribution in [1.82, 2.24) is 10.3 Å². The van der Waals surface area contributed by atoms with Crippen molar-refractivity contribution >= 4 is 28.6 Å². The lowest BCUT2D eigenvalue weighted by atomic mass is 10.1. The Morgan fingerprint density at radius 2 is 2.48 bits per heavy atom. The molecule has 2 unspecified atom stereocenters. The lowest BCUT2D eigenvalue weighted by Gasteiger charge is -2.18. The van der Waals surface area contributed by atoms with Gasteiger partial charge >= 0.3 is 0 Å². The van der Waals surface area contributed by atoms with E-state index < -0.39 is 0 Å². The SMILES string of the molecule is Cc1csc(C(Cc2cccs2)NC(=O)C2CCOC2)n1. The standard InChI is InChI=1S/C15H18N2O2S2/c1-10-9-21-15(16-10)13(7-12-3-2-6-20-12)17-14(18)11-4-5-19-8-11/h2-3,6,9,11,13H,4-5,7-8H2,1H3,(H,17,18).